The van der Waals surface area contributed by atoms with Gasteiger partial charge in [0.25, 0.3) is 0 Å². The highest BCUT2D eigenvalue weighted by molar-refractivity contribution is 5.19. The number of aromatic nitrogens is 3. The molecule has 0 fully saturated rings. The number of hydrogen-bond donors (Lipinski definition) is 1. The Labute approximate surface area is 58.8 Å². The van der Waals surface area contributed by atoms with E-state index in [4.69, 9.17) is 10.5 Å². The highest BCUT2D eigenvalue weighted by atomic mass is 16.5. The summed E-state index contributed by atoms with van der Waals surface area (Å²) in [6, 6.07) is 0. The van der Waals surface area contributed by atoms with Gasteiger partial charge >= 0.3 is 0 Å². The van der Waals surface area contributed by atoms with Crippen LogP contribution in [0.2, 0.25) is 0 Å². The predicted octanol–water partition coefficient (Wildman–Crippen LogP) is -0.493. The van der Waals surface area contributed by atoms with Crippen molar-refractivity contribution in [3.05, 3.63) is 6.20 Å². The van der Waals surface area contributed by atoms with Crippen molar-refractivity contribution < 1.29 is 4.74 Å². The van der Waals surface area contributed by atoms with Crippen LogP contribution < -0.4 is 5.73 Å². The molecule has 0 atom stereocenters. The summed E-state index contributed by atoms with van der Waals surface area (Å²) in [6.07, 6.45) is 1.67. The Morgan fingerprint density at radius 1 is 1.80 bits per heavy atom. The van der Waals surface area contributed by atoms with Gasteiger partial charge in [0, 0.05) is 7.11 Å². The van der Waals surface area contributed by atoms with Crippen LogP contribution in [-0.4, -0.2) is 28.7 Å². The summed E-state index contributed by atoms with van der Waals surface area (Å²) in [5, 5.41) is 7.32. The van der Waals surface area contributed by atoms with Gasteiger partial charge in [0.1, 0.15) is 0 Å². The van der Waals surface area contributed by atoms with Gasteiger partial charge in [-0.3, -0.25) is 0 Å². The molecule has 5 nitrogen and oxygen atoms in total. The van der Waals surface area contributed by atoms with Gasteiger partial charge in [0.05, 0.1) is 19.3 Å². The van der Waals surface area contributed by atoms with Crippen molar-refractivity contribution >= 4 is 5.82 Å². The summed E-state index contributed by atoms with van der Waals surface area (Å²) in [5.74, 6) is 0.441. The molecule has 0 aliphatic rings. The fourth-order valence-corrected chi connectivity index (χ4v) is 0.607. The number of hydrogen-bond acceptors (Lipinski definition) is 4. The first kappa shape index (κ1) is 7.01. The average molecular weight is 142 g/mol. The molecule has 1 aromatic rings. The second kappa shape index (κ2) is 3.17. The van der Waals surface area contributed by atoms with E-state index < -0.39 is 0 Å². The van der Waals surface area contributed by atoms with Crippen molar-refractivity contribution in [1.82, 2.24) is 15.0 Å². The third kappa shape index (κ3) is 1.70. The average Bonchev–Trinajstić information content (AvgIpc) is 2.31. The van der Waals surface area contributed by atoms with E-state index in [0.717, 1.165) is 0 Å². The molecule has 56 valence electrons. The number of anilines is 1. The van der Waals surface area contributed by atoms with Crippen molar-refractivity contribution in [3.8, 4) is 0 Å². The maximum atomic E-state index is 5.32. The van der Waals surface area contributed by atoms with Crippen molar-refractivity contribution in [2.75, 3.05) is 19.5 Å². The lowest BCUT2D eigenvalue weighted by atomic mass is 10.7. The highest BCUT2D eigenvalue weighted by Crippen LogP contribution is 1.91. The van der Waals surface area contributed by atoms with Crippen LogP contribution in [0.25, 0.3) is 0 Å². The molecule has 0 saturated carbocycles. The van der Waals surface area contributed by atoms with Crippen molar-refractivity contribution in [1.29, 1.82) is 0 Å². The quantitative estimate of drug-likeness (QED) is 0.618. The minimum Gasteiger partial charge on any atom is -0.383 e. The molecule has 0 radical (unpaired) electrons. The first-order valence-electron chi connectivity index (χ1n) is 2.97. The Morgan fingerprint density at radius 2 is 2.60 bits per heavy atom. The van der Waals surface area contributed by atoms with Gasteiger partial charge in [0.15, 0.2) is 5.82 Å². The van der Waals surface area contributed by atoms with E-state index >= 15 is 0 Å². The van der Waals surface area contributed by atoms with E-state index in [9.17, 15) is 0 Å². The Morgan fingerprint density at radius 3 is 3.10 bits per heavy atom. The molecule has 0 amide bonds. The SMILES string of the molecule is COCCn1cc(N)nn1. The third-order valence-electron chi connectivity index (χ3n) is 1.08. The fourth-order valence-electron chi connectivity index (χ4n) is 0.607. The van der Waals surface area contributed by atoms with Gasteiger partial charge in [-0.25, -0.2) is 4.68 Å². The molecule has 1 heterocycles. The summed E-state index contributed by atoms with van der Waals surface area (Å²) in [6.45, 7) is 1.32. The van der Waals surface area contributed by atoms with E-state index in [1.807, 2.05) is 0 Å². The number of rotatable bonds is 3. The van der Waals surface area contributed by atoms with Gasteiger partial charge < -0.3 is 10.5 Å². The van der Waals surface area contributed by atoms with Gasteiger partial charge in [-0.2, -0.15) is 0 Å². The summed E-state index contributed by atoms with van der Waals surface area (Å²) in [4.78, 5) is 0. The van der Waals surface area contributed by atoms with Crippen LogP contribution in [-0.2, 0) is 11.3 Å². The first-order chi connectivity index (χ1) is 4.83. The first-order valence-corrected chi connectivity index (χ1v) is 2.97. The zero-order valence-corrected chi connectivity index (χ0v) is 5.82. The number of nitrogens with two attached hydrogens (primary N) is 1. The number of nitrogen functional groups attached to an aromatic ring is 1. The Balaban J connectivity index is 2.42. The normalized spacial score (nSPS) is 10.1. The van der Waals surface area contributed by atoms with Gasteiger partial charge in [-0.1, -0.05) is 5.21 Å². The lowest BCUT2D eigenvalue weighted by molar-refractivity contribution is 0.183. The van der Waals surface area contributed by atoms with Crippen LogP contribution in [0.15, 0.2) is 6.20 Å². The molecule has 0 spiro atoms. The molecule has 10 heavy (non-hydrogen) atoms. The number of ether oxygens (including phenoxy) is 1. The van der Waals surface area contributed by atoms with E-state index in [2.05, 4.69) is 10.3 Å². The third-order valence-corrected chi connectivity index (χ3v) is 1.08. The van der Waals surface area contributed by atoms with Crippen molar-refractivity contribution in [2.24, 2.45) is 0 Å². The smallest absolute Gasteiger partial charge is 0.165 e. The van der Waals surface area contributed by atoms with Crippen molar-refractivity contribution in [2.45, 2.75) is 6.54 Å². The summed E-state index contributed by atoms with van der Waals surface area (Å²) >= 11 is 0. The van der Waals surface area contributed by atoms with Crippen LogP contribution in [0.3, 0.4) is 0 Å². The molecule has 2 N–H and O–H groups in total. The van der Waals surface area contributed by atoms with E-state index in [0.29, 0.717) is 19.0 Å². The molecule has 5 heteroatoms. The maximum absolute atomic E-state index is 5.32. The Bertz CT molecular complexity index is 197. The van der Waals surface area contributed by atoms with Gasteiger partial charge in [-0.15, -0.1) is 5.10 Å². The highest BCUT2D eigenvalue weighted by Gasteiger charge is 1.93. The molecule has 0 saturated heterocycles. The minimum atomic E-state index is 0.441. The van der Waals surface area contributed by atoms with Crippen LogP contribution >= 0.6 is 0 Å². The molecule has 0 unspecified atom stereocenters. The second-order valence-corrected chi connectivity index (χ2v) is 1.90. The second-order valence-electron chi connectivity index (χ2n) is 1.90. The lowest BCUT2D eigenvalue weighted by Crippen LogP contribution is -2.04. The zero-order chi connectivity index (χ0) is 7.40. The summed E-state index contributed by atoms with van der Waals surface area (Å²) < 4.78 is 6.46. The predicted molar refractivity (Wildman–Crippen MR) is 36.3 cm³/mol. The maximum Gasteiger partial charge on any atom is 0.165 e. The Kier molecular flexibility index (Phi) is 2.22. The van der Waals surface area contributed by atoms with E-state index in [1.54, 1.807) is 18.0 Å². The largest absolute Gasteiger partial charge is 0.383 e. The fraction of sp³-hybridized carbons (Fsp3) is 0.600. The van der Waals surface area contributed by atoms with Crippen molar-refractivity contribution in [3.63, 3.8) is 0 Å². The molecule has 1 aromatic heterocycles. The standard InChI is InChI=1S/C5H10N4O/c1-10-3-2-9-4-5(6)7-8-9/h4H,2-3,6H2,1H3. The molecular weight excluding hydrogens is 132 g/mol. The number of nitrogens with zero attached hydrogens (tertiary/aromatic N) is 3. The summed E-state index contributed by atoms with van der Waals surface area (Å²) in [5.41, 5.74) is 5.32. The Hall–Kier alpha value is -1.10. The molecule has 0 bridgehead atoms. The van der Waals surface area contributed by atoms with Crippen LogP contribution in [0.4, 0.5) is 5.82 Å². The number of methoxy groups -OCH3 is 1. The topological polar surface area (TPSA) is 66.0 Å². The molecule has 0 aromatic carbocycles. The lowest BCUT2D eigenvalue weighted by Gasteiger charge is -1.95. The van der Waals surface area contributed by atoms with E-state index in [1.165, 1.54) is 0 Å². The van der Waals surface area contributed by atoms with Gasteiger partial charge in [-0.05, 0) is 0 Å². The zero-order valence-electron chi connectivity index (χ0n) is 5.82. The van der Waals surface area contributed by atoms with Gasteiger partial charge in [0.2, 0.25) is 0 Å². The minimum absolute atomic E-state index is 0.441. The monoisotopic (exact) mass is 142 g/mol. The molecular formula is C5H10N4O. The van der Waals surface area contributed by atoms with Crippen LogP contribution in [0.5, 0.6) is 0 Å². The molecule has 1 rings (SSSR count). The molecule has 0 aliphatic heterocycles. The van der Waals surface area contributed by atoms with Crippen LogP contribution in [0, 0.1) is 0 Å². The molecule has 0 aliphatic carbocycles. The van der Waals surface area contributed by atoms with E-state index in [-0.39, 0.29) is 0 Å². The summed E-state index contributed by atoms with van der Waals surface area (Å²) in [7, 11) is 1.64. The van der Waals surface area contributed by atoms with Crippen LogP contribution in [0.1, 0.15) is 0 Å².